The average molecular weight is 295 g/mol. The topological polar surface area (TPSA) is 15.3 Å². The Kier molecular flexibility index (Phi) is 6.55. The lowest BCUT2D eigenvalue weighted by Crippen LogP contribution is -2.46. The summed E-state index contributed by atoms with van der Waals surface area (Å²) in [5.74, 6) is 0.825. The van der Waals surface area contributed by atoms with Crippen LogP contribution in [0, 0.1) is 11.3 Å². The molecule has 2 aliphatic rings. The van der Waals surface area contributed by atoms with Gasteiger partial charge in [0.15, 0.2) is 0 Å². The molecule has 1 unspecified atom stereocenters. The normalized spacial score (nSPS) is 23.1. The van der Waals surface area contributed by atoms with Gasteiger partial charge < -0.3 is 5.32 Å². The number of nitrogens with one attached hydrogen (secondary N) is 1. The third-order valence-electron chi connectivity index (χ3n) is 5.67. The summed E-state index contributed by atoms with van der Waals surface area (Å²) in [4.78, 5) is 2.85. The molecular formula is C19H38N2. The second-order valence-corrected chi connectivity index (χ2v) is 8.41. The predicted octanol–water partition coefficient (Wildman–Crippen LogP) is 4.45. The summed E-state index contributed by atoms with van der Waals surface area (Å²) in [5.41, 5.74) is 0.447. The minimum Gasteiger partial charge on any atom is -0.313 e. The zero-order valence-electron chi connectivity index (χ0n) is 15.0. The van der Waals surface area contributed by atoms with Crippen molar-refractivity contribution in [3.63, 3.8) is 0 Å². The lowest BCUT2D eigenvalue weighted by Gasteiger charge is -2.39. The molecule has 2 heteroatoms. The molecule has 0 aliphatic heterocycles. The van der Waals surface area contributed by atoms with Gasteiger partial charge in [-0.15, -0.1) is 0 Å². The van der Waals surface area contributed by atoms with E-state index in [1.807, 2.05) is 0 Å². The van der Waals surface area contributed by atoms with Crippen molar-refractivity contribution in [3.05, 3.63) is 0 Å². The van der Waals surface area contributed by atoms with Crippen LogP contribution in [0.4, 0.5) is 0 Å². The Morgan fingerprint density at radius 3 is 2.33 bits per heavy atom. The molecule has 2 rings (SSSR count). The van der Waals surface area contributed by atoms with Crippen LogP contribution in [0.2, 0.25) is 0 Å². The molecule has 0 amide bonds. The maximum Gasteiger partial charge on any atom is 0.00955 e. The van der Waals surface area contributed by atoms with Gasteiger partial charge >= 0.3 is 0 Å². The molecule has 0 heterocycles. The first kappa shape index (κ1) is 17.3. The van der Waals surface area contributed by atoms with Crippen LogP contribution in [0.3, 0.4) is 0 Å². The summed E-state index contributed by atoms with van der Waals surface area (Å²) in [5, 5.41) is 3.78. The lowest BCUT2D eigenvalue weighted by atomic mass is 9.86. The van der Waals surface area contributed by atoms with E-state index in [0.29, 0.717) is 5.41 Å². The lowest BCUT2D eigenvalue weighted by molar-refractivity contribution is 0.109. The van der Waals surface area contributed by atoms with Crippen LogP contribution in [-0.4, -0.2) is 36.6 Å². The van der Waals surface area contributed by atoms with Gasteiger partial charge in [-0.2, -0.15) is 0 Å². The molecule has 0 aromatic rings. The van der Waals surface area contributed by atoms with Gasteiger partial charge in [-0.05, 0) is 56.4 Å². The molecule has 2 aliphatic carbocycles. The first-order valence-electron chi connectivity index (χ1n) is 9.50. The number of hydrogen-bond donors (Lipinski definition) is 1. The third-order valence-corrected chi connectivity index (χ3v) is 5.67. The smallest absolute Gasteiger partial charge is 0.00955 e. The van der Waals surface area contributed by atoms with Crippen molar-refractivity contribution in [1.82, 2.24) is 10.2 Å². The maximum absolute atomic E-state index is 3.78. The molecule has 0 bridgehead atoms. The van der Waals surface area contributed by atoms with Gasteiger partial charge in [0.25, 0.3) is 0 Å². The van der Waals surface area contributed by atoms with Crippen molar-refractivity contribution in [3.8, 4) is 0 Å². The van der Waals surface area contributed by atoms with E-state index in [-0.39, 0.29) is 0 Å². The van der Waals surface area contributed by atoms with Gasteiger partial charge in [-0.25, -0.2) is 0 Å². The first-order chi connectivity index (χ1) is 10.0. The Balaban J connectivity index is 1.89. The zero-order valence-corrected chi connectivity index (χ0v) is 15.0. The Hall–Kier alpha value is -0.0800. The standard InChI is InChI=1S/C19H38N2/c1-5-19(4,14-20-17-10-11-17)15-21(13-12-16(2)3)18-8-6-7-9-18/h16-18,20H,5-15H2,1-4H3. The second-order valence-electron chi connectivity index (χ2n) is 8.41. The monoisotopic (exact) mass is 294 g/mol. The summed E-state index contributed by atoms with van der Waals surface area (Å²) in [7, 11) is 0. The third kappa shape index (κ3) is 5.90. The number of hydrogen-bond acceptors (Lipinski definition) is 2. The van der Waals surface area contributed by atoms with Gasteiger partial charge in [0.2, 0.25) is 0 Å². The Labute approximate surface area is 133 Å². The molecule has 0 saturated heterocycles. The molecule has 1 atom stereocenters. The van der Waals surface area contributed by atoms with E-state index in [2.05, 4.69) is 37.9 Å². The van der Waals surface area contributed by atoms with Crippen molar-refractivity contribution in [2.45, 2.75) is 91.1 Å². The van der Waals surface area contributed by atoms with Crippen LogP contribution in [0.15, 0.2) is 0 Å². The highest BCUT2D eigenvalue weighted by Crippen LogP contribution is 2.30. The molecule has 1 N–H and O–H groups in total. The van der Waals surface area contributed by atoms with Crippen molar-refractivity contribution in [2.75, 3.05) is 19.6 Å². The molecule has 2 fully saturated rings. The van der Waals surface area contributed by atoms with Gasteiger partial charge in [0, 0.05) is 25.2 Å². The highest BCUT2D eigenvalue weighted by atomic mass is 15.2. The fourth-order valence-corrected chi connectivity index (χ4v) is 3.55. The van der Waals surface area contributed by atoms with E-state index in [0.717, 1.165) is 18.0 Å². The van der Waals surface area contributed by atoms with Gasteiger partial charge in [-0.3, -0.25) is 4.90 Å². The van der Waals surface area contributed by atoms with Crippen LogP contribution in [0.25, 0.3) is 0 Å². The van der Waals surface area contributed by atoms with E-state index in [4.69, 9.17) is 0 Å². The van der Waals surface area contributed by atoms with Crippen molar-refractivity contribution < 1.29 is 0 Å². The highest BCUT2D eigenvalue weighted by molar-refractivity contribution is 4.89. The highest BCUT2D eigenvalue weighted by Gasteiger charge is 2.32. The van der Waals surface area contributed by atoms with Crippen molar-refractivity contribution in [2.24, 2.45) is 11.3 Å². The van der Waals surface area contributed by atoms with E-state index < -0.39 is 0 Å². The van der Waals surface area contributed by atoms with Crippen LogP contribution < -0.4 is 5.32 Å². The fraction of sp³-hybridized carbons (Fsp3) is 1.00. The quantitative estimate of drug-likeness (QED) is 0.640. The minimum absolute atomic E-state index is 0.447. The molecule has 0 spiro atoms. The summed E-state index contributed by atoms with van der Waals surface area (Å²) in [6.07, 6.45) is 11.2. The number of rotatable bonds is 10. The Bertz CT molecular complexity index is 292. The van der Waals surface area contributed by atoms with Gasteiger partial charge in [-0.1, -0.05) is 40.5 Å². The van der Waals surface area contributed by atoms with Crippen molar-refractivity contribution >= 4 is 0 Å². The van der Waals surface area contributed by atoms with Crippen LogP contribution >= 0.6 is 0 Å². The molecular weight excluding hydrogens is 256 g/mol. The summed E-state index contributed by atoms with van der Waals surface area (Å²) in [6, 6.07) is 1.71. The van der Waals surface area contributed by atoms with Crippen LogP contribution in [0.1, 0.15) is 79.1 Å². The molecule has 21 heavy (non-hydrogen) atoms. The van der Waals surface area contributed by atoms with E-state index in [9.17, 15) is 0 Å². The number of nitrogens with zero attached hydrogens (tertiary/aromatic N) is 1. The first-order valence-corrected chi connectivity index (χ1v) is 9.50. The zero-order chi connectivity index (χ0) is 15.3. The summed E-state index contributed by atoms with van der Waals surface area (Å²) < 4.78 is 0. The maximum atomic E-state index is 3.78. The van der Waals surface area contributed by atoms with Gasteiger partial charge in [0.05, 0.1) is 0 Å². The largest absolute Gasteiger partial charge is 0.313 e. The Morgan fingerprint density at radius 2 is 1.81 bits per heavy atom. The van der Waals surface area contributed by atoms with E-state index in [1.54, 1.807) is 0 Å². The molecule has 2 nitrogen and oxygen atoms in total. The fourth-order valence-electron chi connectivity index (χ4n) is 3.55. The SMILES string of the molecule is CCC(C)(CNC1CC1)CN(CCC(C)C)C1CCCC1. The molecule has 124 valence electrons. The molecule has 2 saturated carbocycles. The van der Waals surface area contributed by atoms with E-state index >= 15 is 0 Å². The molecule has 0 radical (unpaired) electrons. The Morgan fingerprint density at radius 1 is 1.14 bits per heavy atom. The average Bonchev–Trinajstić information content (AvgIpc) is 3.14. The summed E-state index contributed by atoms with van der Waals surface area (Å²) >= 11 is 0. The second kappa shape index (κ2) is 7.97. The van der Waals surface area contributed by atoms with Gasteiger partial charge in [0.1, 0.15) is 0 Å². The van der Waals surface area contributed by atoms with E-state index in [1.165, 1.54) is 71.0 Å². The van der Waals surface area contributed by atoms with Crippen molar-refractivity contribution in [1.29, 1.82) is 0 Å². The molecule has 0 aromatic heterocycles. The molecule has 0 aromatic carbocycles. The summed E-state index contributed by atoms with van der Waals surface area (Å²) in [6.45, 7) is 13.4. The minimum atomic E-state index is 0.447. The predicted molar refractivity (Wildman–Crippen MR) is 92.7 cm³/mol. The van der Waals surface area contributed by atoms with Crippen LogP contribution in [0.5, 0.6) is 0 Å². The van der Waals surface area contributed by atoms with Crippen LogP contribution in [-0.2, 0) is 0 Å².